The van der Waals surface area contributed by atoms with Crippen LogP contribution in [-0.4, -0.2) is 36.7 Å². The van der Waals surface area contributed by atoms with Gasteiger partial charge in [-0.1, -0.05) is 12.5 Å². The van der Waals surface area contributed by atoms with E-state index >= 15 is 0 Å². The molecule has 0 spiro atoms. The number of aromatic nitrogens is 1. The molecule has 0 unspecified atom stereocenters. The second-order valence-corrected chi connectivity index (χ2v) is 8.51. The number of pyridine rings is 1. The molecule has 2 aromatic rings. The Bertz CT molecular complexity index is 1070. The summed E-state index contributed by atoms with van der Waals surface area (Å²) in [6, 6.07) is 5.68. The van der Waals surface area contributed by atoms with Crippen LogP contribution < -0.4 is 10.9 Å². The maximum Gasteiger partial charge on any atom is 0.417 e. The van der Waals surface area contributed by atoms with Crippen molar-refractivity contribution in [3.63, 3.8) is 0 Å². The van der Waals surface area contributed by atoms with Crippen molar-refractivity contribution in [3.05, 3.63) is 58.0 Å². The summed E-state index contributed by atoms with van der Waals surface area (Å²) in [7, 11) is -3.79. The number of anilines is 1. The minimum Gasteiger partial charge on any atom is -0.327 e. The molecule has 1 saturated heterocycles. The van der Waals surface area contributed by atoms with Crippen LogP contribution >= 0.6 is 0 Å². The third-order valence-corrected chi connectivity index (χ3v) is 6.42. The number of hydrogen-bond acceptors (Lipinski definition) is 4. The smallest absolute Gasteiger partial charge is 0.327 e. The van der Waals surface area contributed by atoms with Gasteiger partial charge in [0.25, 0.3) is 11.5 Å². The second-order valence-electron chi connectivity index (χ2n) is 6.58. The first-order valence-electron chi connectivity index (χ1n) is 8.80. The number of carbonyl (C=O) groups is 1. The summed E-state index contributed by atoms with van der Waals surface area (Å²) in [4.78, 5) is 26.0. The van der Waals surface area contributed by atoms with E-state index in [1.165, 1.54) is 22.5 Å². The normalized spacial score (nSPS) is 15.8. The molecule has 0 bridgehead atoms. The predicted octanol–water partition coefficient (Wildman–Crippen LogP) is 2.82. The molecule has 29 heavy (non-hydrogen) atoms. The Labute approximate surface area is 164 Å². The lowest BCUT2D eigenvalue weighted by Gasteiger charge is -2.26. The first-order chi connectivity index (χ1) is 13.6. The van der Waals surface area contributed by atoms with Gasteiger partial charge in [0.15, 0.2) is 0 Å². The molecule has 0 aliphatic carbocycles. The van der Waals surface area contributed by atoms with Crippen molar-refractivity contribution in [2.45, 2.75) is 30.3 Å². The van der Waals surface area contributed by atoms with Crippen LogP contribution in [0, 0.1) is 0 Å². The van der Waals surface area contributed by atoms with E-state index in [9.17, 15) is 31.2 Å². The summed E-state index contributed by atoms with van der Waals surface area (Å²) in [6.45, 7) is 0.775. The Hall–Kier alpha value is -2.66. The average Bonchev–Trinajstić information content (AvgIpc) is 2.69. The lowest BCUT2D eigenvalue weighted by molar-refractivity contribution is -0.137. The van der Waals surface area contributed by atoms with Crippen molar-refractivity contribution in [1.29, 1.82) is 0 Å². The number of halogens is 3. The van der Waals surface area contributed by atoms with Crippen molar-refractivity contribution in [2.75, 3.05) is 18.4 Å². The first kappa shape index (κ1) is 21.1. The lowest BCUT2D eigenvalue weighted by Crippen LogP contribution is -2.35. The molecule has 2 N–H and O–H groups in total. The molecule has 7 nitrogen and oxygen atoms in total. The van der Waals surface area contributed by atoms with Crippen molar-refractivity contribution < 1.29 is 26.4 Å². The van der Waals surface area contributed by atoms with Gasteiger partial charge in [-0.3, -0.25) is 9.59 Å². The fraction of sp³-hybridized carbons (Fsp3) is 0.333. The Morgan fingerprint density at radius 2 is 1.79 bits per heavy atom. The summed E-state index contributed by atoms with van der Waals surface area (Å²) in [5.41, 5.74) is -2.73. The molecule has 156 valence electrons. The second kappa shape index (κ2) is 7.99. The quantitative estimate of drug-likeness (QED) is 0.781. The monoisotopic (exact) mass is 429 g/mol. The molecule has 1 amide bonds. The third kappa shape index (κ3) is 4.67. The van der Waals surface area contributed by atoms with E-state index in [1.54, 1.807) is 0 Å². The van der Waals surface area contributed by atoms with Crippen LogP contribution in [0.5, 0.6) is 0 Å². The van der Waals surface area contributed by atoms with E-state index in [0.717, 1.165) is 25.3 Å². The van der Waals surface area contributed by atoms with Gasteiger partial charge < -0.3 is 10.3 Å². The van der Waals surface area contributed by atoms with Crippen LogP contribution in [0.1, 0.15) is 35.2 Å². The number of nitrogens with one attached hydrogen (secondary N) is 2. The number of piperidine rings is 1. The van der Waals surface area contributed by atoms with Crippen molar-refractivity contribution in [1.82, 2.24) is 9.29 Å². The molecular formula is C18H18F3N3O4S. The van der Waals surface area contributed by atoms with Crippen LogP contribution in [0.15, 0.2) is 46.2 Å². The van der Waals surface area contributed by atoms with Gasteiger partial charge in [-0.25, -0.2) is 8.42 Å². The van der Waals surface area contributed by atoms with Gasteiger partial charge in [-0.15, -0.1) is 0 Å². The third-order valence-electron chi connectivity index (χ3n) is 4.53. The number of alkyl halides is 3. The largest absolute Gasteiger partial charge is 0.417 e. The number of carbonyl (C=O) groups excluding carboxylic acids is 1. The van der Waals surface area contributed by atoms with Gasteiger partial charge in [-0.05, 0) is 37.1 Å². The summed E-state index contributed by atoms with van der Waals surface area (Å²) < 4.78 is 65.3. The highest BCUT2D eigenvalue weighted by atomic mass is 32.2. The summed E-state index contributed by atoms with van der Waals surface area (Å²) in [5, 5.41) is 2.11. The number of benzene rings is 1. The maximum atomic E-state index is 12.8. The van der Waals surface area contributed by atoms with Gasteiger partial charge in [-0.2, -0.15) is 17.5 Å². The number of rotatable bonds is 4. The molecule has 11 heteroatoms. The summed E-state index contributed by atoms with van der Waals surface area (Å²) >= 11 is 0. The molecule has 0 atom stereocenters. The molecular weight excluding hydrogens is 411 g/mol. The SMILES string of the molecule is O=C(Nc1cc(C(F)(F)F)c[nH]c1=O)c1cccc(S(=O)(=O)N2CCCCC2)c1. The van der Waals surface area contributed by atoms with Crippen LogP contribution in [0.2, 0.25) is 0 Å². The molecule has 0 radical (unpaired) electrons. The van der Waals surface area contributed by atoms with Crippen molar-refractivity contribution in [2.24, 2.45) is 0 Å². The van der Waals surface area contributed by atoms with Gasteiger partial charge in [0.05, 0.1) is 10.5 Å². The predicted molar refractivity (Wildman–Crippen MR) is 99.1 cm³/mol. The van der Waals surface area contributed by atoms with Gasteiger partial charge in [0.1, 0.15) is 5.69 Å². The Kier molecular flexibility index (Phi) is 5.80. The van der Waals surface area contributed by atoms with Crippen LogP contribution in [0.25, 0.3) is 0 Å². The van der Waals surface area contributed by atoms with Crippen LogP contribution in [0.3, 0.4) is 0 Å². The highest BCUT2D eigenvalue weighted by Gasteiger charge is 2.32. The first-order valence-corrected chi connectivity index (χ1v) is 10.2. The van der Waals surface area contributed by atoms with Crippen molar-refractivity contribution in [3.8, 4) is 0 Å². The zero-order chi connectivity index (χ0) is 21.2. The number of sulfonamides is 1. The fourth-order valence-corrected chi connectivity index (χ4v) is 4.55. The van der Waals surface area contributed by atoms with Gasteiger partial charge in [0.2, 0.25) is 10.0 Å². The van der Waals surface area contributed by atoms with Crippen molar-refractivity contribution >= 4 is 21.6 Å². The van der Waals surface area contributed by atoms with E-state index < -0.39 is 38.9 Å². The molecule has 3 rings (SSSR count). The Balaban J connectivity index is 1.86. The fourth-order valence-electron chi connectivity index (χ4n) is 2.99. The zero-order valence-corrected chi connectivity index (χ0v) is 15.9. The molecule has 1 fully saturated rings. The number of H-pyrrole nitrogens is 1. The molecule has 1 aromatic heterocycles. The highest BCUT2D eigenvalue weighted by Crippen LogP contribution is 2.29. The number of hydrogen-bond donors (Lipinski definition) is 2. The Morgan fingerprint density at radius 3 is 2.45 bits per heavy atom. The molecule has 1 aliphatic rings. The maximum absolute atomic E-state index is 12.8. The standard InChI is InChI=1S/C18H18F3N3O4S/c19-18(20,21)13-10-15(17(26)22-11-13)23-16(25)12-5-4-6-14(9-12)29(27,28)24-7-2-1-3-8-24/h4-6,9-11H,1-3,7-8H2,(H,22,26)(H,23,25). The summed E-state index contributed by atoms with van der Waals surface area (Å²) in [5.74, 6) is -0.898. The van der Waals surface area contributed by atoms with Gasteiger partial charge >= 0.3 is 6.18 Å². The van der Waals surface area contributed by atoms with E-state index in [4.69, 9.17) is 0 Å². The van der Waals surface area contributed by atoms with E-state index in [0.29, 0.717) is 25.4 Å². The Morgan fingerprint density at radius 1 is 1.10 bits per heavy atom. The molecule has 1 aromatic carbocycles. The zero-order valence-electron chi connectivity index (χ0n) is 15.1. The lowest BCUT2D eigenvalue weighted by atomic mass is 10.2. The van der Waals surface area contributed by atoms with E-state index in [1.807, 2.05) is 4.98 Å². The number of nitrogens with zero attached hydrogens (tertiary/aromatic N) is 1. The van der Waals surface area contributed by atoms with E-state index in [-0.39, 0.29) is 10.5 Å². The topological polar surface area (TPSA) is 99.3 Å². The summed E-state index contributed by atoms with van der Waals surface area (Å²) in [6.07, 6.45) is -1.76. The van der Waals surface area contributed by atoms with E-state index in [2.05, 4.69) is 5.32 Å². The number of amides is 1. The highest BCUT2D eigenvalue weighted by molar-refractivity contribution is 7.89. The molecule has 2 heterocycles. The number of aromatic amines is 1. The van der Waals surface area contributed by atoms with Crippen LogP contribution in [-0.2, 0) is 16.2 Å². The van der Waals surface area contributed by atoms with Gasteiger partial charge in [0, 0.05) is 24.8 Å². The molecule has 1 aliphatic heterocycles. The van der Waals surface area contributed by atoms with Crippen LogP contribution in [0.4, 0.5) is 18.9 Å². The minimum atomic E-state index is -4.70. The molecule has 0 saturated carbocycles. The minimum absolute atomic E-state index is 0.0926. The average molecular weight is 429 g/mol.